The third-order valence-corrected chi connectivity index (χ3v) is 2.63. The summed E-state index contributed by atoms with van der Waals surface area (Å²) < 4.78 is 15.0. The minimum Gasteiger partial charge on any atom is -0.423 e. The van der Waals surface area contributed by atoms with Gasteiger partial charge in [-0.2, -0.15) is 5.10 Å². The number of benzene rings is 1. The van der Waals surface area contributed by atoms with Gasteiger partial charge in [0.05, 0.1) is 6.54 Å². The zero-order chi connectivity index (χ0) is 13.3. The number of rotatable bonds is 3. The van der Waals surface area contributed by atoms with Gasteiger partial charge in [-0.3, -0.25) is 0 Å². The smallest absolute Gasteiger partial charge is 0.423 e. The summed E-state index contributed by atoms with van der Waals surface area (Å²) in [4.78, 5) is 4.16. The van der Waals surface area contributed by atoms with E-state index in [1.807, 2.05) is 6.92 Å². The number of aryl methyl sites for hydroxylation is 2. The van der Waals surface area contributed by atoms with E-state index in [1.54, 1.807) is 17.7 Å². The zero-order valence-electron chi connectivity index (χ0n) is 10.1. The van der Waals surface area contributed by atoms with Gasteiger partial charge in [0.25, 0.3) is 0 Å². The minimum absolute atomic E-state index is 0.137. The van der Waals surface area contributed by atoms with Crippen LogP contribution in [0.2, 0.25) is 0 Å². The van der Waals surface area contributed by atoms with Crippen molar-refractivity contribution in [2.75, 3.05) is 0 Å². The zero-order valence-corrected chi connectivity index (χ0v) is 10.1. The van der Waals surface area contributed by atoms with Crippen molar-refractivity contribution in [1.29, 1.82) is 0 Å². The Hall–Kier alpha value is -1.73. The molecule has 7 heteroatoms. The number of hydrogen-bond acceptors (Lipinski definition) is 4. The van der Waals surface area contributed by atoms with Crippen LogP contribution in [-0.2, 0) is 6.54 Å². The molecular formula is C11H13BFN3O2. The Morgan fingerprint density at radius 2 is 2.06 bits per heavy atom. The first-order valence-corrected chi connectivity index (χ1v) is 5.50. The van der Waals surface area contributed by atoms with Crippen LogP contribution >= 0.6 is 0 Å². The molecule has 0 unspecified atom stereocenters. The van der Waals surface area contributed by atoms with Crippen molar-refractivity contribution in [2.24, 2.45) is 0 Å². The van der Waals surface area contributed by atoms with E-state index in [0.717, 1.165) is 11.4 Å². The molecule has 2 N–H and O–H groups in total. The van der Waals surface area contributed by atoms with E-state index < -0.39 is 12.9 Å². The molecule has 0 fully saturated rings. The van der Waals surface area contributed by atoms with Gasteiger partial charge in [-0.15, -0.1) is 0 Å². The molecule has 0 radical (unpaired) electrons. The van der Waals surface area contributed by atoms with Crippen molar-refractivity contribution < 1.29 is 14.4 Å². The maximum absolute atomic E-state index is 13.3. The van der Waals surface area contributed by atoms with Crippen LogP contribution in [0.5, 0.6) is 0 Å². The van der Waals surface area contributed by atoms with Crippen molar-refractivity contribution in [1.82, 2.24) is 14.8 Å². The van der Waals surface area contributed by atoms with E-state index in [4.69, 9.17) is 10.0 Å². The Morgan fingerprint density at radius 1 is 1.33 bits per heavy atom. The molecule has 18 heavy (non-hydrogen) atoms. The number of hydrogen-bond donors (Lipinski definition) is 2. The molecule has 1 aromatic heterocycles. The minimum atomic E-state index is -1.82. The first kappa shape index (κ1) is 12.7. The normalized spacial score (nSPS) is 10.7. The molecule has 0 spiro atoms. The highest BCUT2D eigenvalue weighted by molar-refractivity contribution is 6.58. The Labute approximate surface area is 104 Å². The topological polar surface area (TPSA) is 71.2 Å². The third-order valence-electron chi connectivity index (χ3n) is 2.63. The van der Waals surface area contributed by atoms with Gasteiger partial charge in [-0.05, 0) is 25.5 Å². The molecule has 2 aromatic rings. The average molecular weight is 249 g/mol. The summed E-state index contributed by atoms with van der Waals surface area (Å²) in [6, 6.07) is 4.21. The van der Waals surface area contributed by atoms with Crippen molar-refractivity contribution >= 4 is 12.6 Å². The van der Waals surface area contributed by atoms with Crippen molar-refractivity contribution in [3.63, 3.8) is 0 Å². The van der Waals surface area contributed by atoms with Gasteiger partial charge >= 0.3 is 7.12 Å². The predicted molar refractivity (Wildman–Crippen MR) is 64.8 cm³/mol. The average Bonchev–Trinajstić information content (AvgIpc) is 2.60. The SMILES string of the molecule is Cc1nc(C)n(Cc2ccc(F)c(B(O)O)c2)n1. The maximum Gasteiger partial charge on any atom is 0.491 e. The monoisotopic (exact) mass is 249 g/mol. The van der Waals surface area contributed by atoms with E-state index in [0.29, 0.717) is 12.4 Å². The number of halogens is 1. The van der Waals surface area contributed by atoms with Crippen LogP contribution in [0.1, 0.15) is 17.2 Å². The summed E-state index contributed by atoms with van der Waals surface area (Å²) in [6.07, 6.45) is 0. The summed E-state index contributed by atoms with van der Waals surface area (Å²) in [6.45, 7) is 4.02. The van der Waals surface area contributed by atoms with E-state index in [9.17, 15) is 4.39 Å². The van der Waals surface area contributed by atoms with Crippen LogP contribution < -0.4 is 5.46 Å². The van der Waals surface area contributed by atoms with Crippen LogP contribution in [-0.4, -0.2) is 31.9 Å². The molecule has 1 heterocycles. The summed E-state index contributed by atoms with van der Waals surface area (Å²) in [5.74, 6) is 0.778. The summed E-state index contributed by atoms with van der Waals surface area (Å²) in [7, 11) is -1.82. The molecule has 2 rings (SSSR count). The Balaban J connectivity index is 2.30. The lowest BCUT2D eigenvalue weighted by molar-refractivity contribution is 0.423. The molecule has 0 atom stereocenters. The van der Waals surface area contributed by atoms with Gasteiger partial charge in [0.1, 0.15) is 17.5 Å². The number of aromatic nitrogens is 3. The van der Waals surface area contributed by atoms with Crippen LogP contribution in [0.4, 0.5) is 4.39 Å². The molecule has 0 aliphatic rings. The Kier molecular flexibility index (Phi) is 3.44. The molecular weight excluding hydrogens is 236 g/mol. The van der Waals surface area contributed by atoms with Crippen LogP contribution in [0.25, 0.3) is 0 Å². The highest BCUT2D eigenvalue weighted by atomic mass is 19.1. The molecule has 1 aromatic carbocycles. The van der Waals surface area contributed by atoms with Crippen molar-refractivity contribution in [3.05, 3.63) is 41.2 Å². The Bertz CT molecular complexity index is 571. The molecule has 0 saturated heterocycles. The fourth-order valence-corrected chi connectivity index (χ4v) is 1.77. The second-order valence-electron chi connectivity index (χ2n) is 4.09. The standard InChI is InChI=1S/C11H13BFN3O2/c1-7-14-8(2)16(15-7)6-9-3-4-11(13)10(5-9)12(17)18/h3-5,17-18H,6H2,1-2H3. The van der Waals surface area contributed by atoms with Gasteiger partial charge in [0.15, 0.2) is 0 Å². The Morgan fingerprint density at radius 3 is 2.61 bits per heavy atom. The number of nitrogens with zero attached hydrogens (tertiary/aromatic N) is 3. The van der Waals surface area contributed by atoms with E-state index in [-0.39, 0.29) is 5.46 Å². The lowest BCUT2D eigenvalue weighted by Gasteiger charge is -2.07. The van der Waals surface area contributed by atoms with Gasteiger partial charge in [0, 0.05) is 5.46 Å². The summed E-state index contributed by atoms with van der Waals surface area (Å²) in [5.41, 5.74) is 0.592. The van der Waals surface area contributed by atoms with Crippen LogP contribution in [0, 0.1) is 19.7 Å². The molecule has 94 valence electrons. The van der Waals surface area contributed by atoms with Crippen LogP contribution in [0.15, 0.2) is 18.2 Å². The van der Waals surface area contributed by atoms with Crippen LogP contribution in [0.3, 0.4) is 0 Å². The lowest BCUT2D eigenvalue weighted by atomic mass is 9.79. The largest absolute Gasteiger partial charge is 0.491 e. The van der Waals surface area contributed by atoms with Crippen molar-refractivity contribution in [2.45, 2.75) is 20.4 Å². The van der Waals surface area contributed by atoms with Gasteiger partial charge in [-0.1, -0.05) is 12.1 Å². The molecule has 0 aliphatic carbocycles. The van der Waals surface area contributed by atoms with E-state index in [1.165, 1.54) is 12.1 Å². The third kappa shape index (κ3) is 2.57. The second-order valence-corrected chi connectivity index (χ2v) is 4.09. The molecule has 0 bridgehead atoms. The van der Waals surface area contributed by atoms with Gasteiger partial charge in [0.2, 0.25) is 0 Å². The molecule has 0 amide bonds. The van der Waals surface area contributed by atoms with Gasteiger partial charge < -0.3 is 10.0 Å². The fourth-order valence-electron chi connectivity index (χ4n) is 1.77. The second kappa shape index (κ2) is 4.87. The maximum atomic E-state index is 13.3. The molecule has 0 saturated carbocycles. The fraction of sp³-hybridized carbons (Fsp3) is 0.273. The highest BCUT2D eigenvalue weighted by Gasteiger charge is 2.17. The van der Waals surface area contributed by atoms with Crippen molar-refractivity contribution in [3.8, 4) is 0 Å². The highest BCUT2D eigenvalue weighted by Crippen LogP contribution is 2.06. The first-order chi connectivity index (χ1) is 8.47. The first-order valence-electron chi connectivity index (χ1n) is 5.50. The summed E-state index contributed by atoms with van der Waals surface area (Å²) >= 11 is 0. The molecule has 5 nitrogen and oxygen atoms in total. The predicted octanol–water partition coefficient (Wildman–Crippen LogP) is -0.238. The van der Waals surface area contributed by atoms with E-state index in [2.05, 4.69) is 10.1 Å². The van der Waals surface area contributed by atoms with Gasteiger partial charge in [-0.25, -0.2) is 14.1 Å². The van der Waals surface area contributed by atoms with E-state index >= 15 is 0 Å². The quantitative estimate of drug-likeness (QED) is 0.736. The summed E-state index contributed by atoms with van der Waals surface area (Å²) in [5, 5.41) is 22.3. The molecule has 0 aliphatic heterocycles. The lowest BCUT2D eigenvalue weighted by Crippen LogP contribution is -2.33.